The number of benzene rings is 4. The summed E-state index contributed by atoms with van der Waals surface area (Å²) in [7, 11) is 0. The zero-order chi connectivity index (χ0) is 28.5. The van der Waals surface area contributed by atoms with E-state index in [1.54, 1.807) is 36.4 Å². The zero-order valence-electron chi connectivity index (χ0n) is 22.0. The second-order valence-corrected chi connectivity index (χ2v) is 11.6. The summed E-state index contributed by atoms with van der Waals surface area (Å²) in [4.78, 5) is 45.9. The highest BCUT2D eigenvalue weighted by molar-refractivity contribution is 6.37. The molecule has 0 bridgehead atoms. The highest BCUT2D eigenvalue weighted by atomic mass is 35.5. The SMILES string of the molecule is CC1=C[C@H]2N(c3ccccc31)[C@@H](C(=O)c1ccccc1)[C@@H](C(=O)c1ccc(Cl)cc1Cl)[C@@]21C(=O)Nc2ccccc21. The van der Waals surface area contributed by atoms with E-state index in [-0.39, 0.29) is 28.1 Å². The van der Waals surface area contributed by atoms with Crippen LogP contribution in [0.5, 0.6) is 0 Å². The van der Waals surface area contributed by atoms with Gasteiger partial charge in [-0.05, 0) is 48.4 Å². The van der Waals surface area contributed by atoms with Gasteiger partial charge in [-0.1, -0.05) is 96.0 Å². The van der Waals surface area contributed by atoms with Crippen molar-refractivity contribution in [3.8, 4) is 0 Å². The minimum atomic E-state index is -1.40. The maximum absolute atomic E-state index is 14.9. The van der Waals surface area contributed by atoms with Crippen LogP contribution >= 0.6 is 23.2 Å². The number of anilines is 2. The Hall–Kier alpha value is -4.19. The number of hydrogen-bond donors (Lipinski definition) is 1. The molecule has 7 heteroatoms. The van der Waals surface area contributed by atoms with Crippen molar-refractivity contribution in [2.24, 2.45) is 5.92 Å². The van der Waals surface area contributed by atoms with Gasteiger partial charge in [0.2, 0.25) is 5.91 Å². The van der Waals surface area contributed by atoms with Crippen LogP contribution in [0.15, 0.2) is 103 Å². The second-order valence-electron chi connectivity index (χ2n) is 10.7. The van der Waals surface area contributed by atoms with Crippen molar-refractivity contribution in [1.29, 1.82) is 0 Å². The number of fused-ring (bicyclic) bond motifs is 6. The molecular weight excluding hydrogens is 555 g/mol. The van der Waals surface area contributed by atoms with Gasteiger partial charge in [-0.25, -0.2) is 0 Å². The maximum Gasteiger partial charge on any atom is 0.238 e. The molecule has 5 nitrogen and oxygen atoms in total. The topological polar surface area (TPSA) is 66.5 Å². The molecule has 1 fully saturated rings. The van der Waals surface area contributed by atoms with E-state index in [0.717, 1.165) is 16.8 Å². The fourth-order valence-electron chi connectivity index (χ4n) is 7.02. The molecule has 1 saturated heterocycles. The normalized spacial score (nSPS) is 23.9. The van der Waals surface area contributed by atoms with Gasteiger partial charge < -0.3 is 10.2 Å². The van der Waals surface area contributed by atoms with Crippen molar-refractivity contribution in [3.63, 3.8) is 0 Å². The summed E-state index contributed by atoms with van der Waals surface area (Å²) in [6, 6.07) is 27.3. The van der Waals surface area contributed by atoms with Gasteiger partial charge in [0.1, 0.15) is 11.5 Å². The third kappa shape index (κ3) is 3.59. The van der Waals surface area contributed by atoms with Crippen LogP contribution in [0.25, 0.3) is 5.57 Å². The largest absolute Gasteiger partial charge is 0.352 e. The third-order valence-electron chi connectivity index (χ3n) is 8.69. The van der Waals surface area contributed by atoms with Crippen molar-refractivity contribution in [3.05, 3.63) is 135 Å². The monoisotopic (exact) mass is 578 g/mol. The fourth-order valence-corrected chi connectivity index (χ4v) is 7.52. The first-order valence-electron chi connectivity index (χ1n) is 13.4. The number of rotatable bonds is 4. The average molecular weight is 579 g/mol. The number of carbonyl (C=O) groups is 3. The van der Waals surface area contributed by atoms with E-state index < -0.39 is 23.4 Å². The van der Waals surface area contributed by atoms with Crippen molar-refractivity contribution < 1.29 is 14.4 Å². The quantitative estimate of drug-likeness (QED) is 0.259. The summed E-state index contributed by atoms with van der Waals surface area (Å²) in [5, 5.41) is 3.61. The maximum atomic E-state index is 14.9. The van der Waals surface area contributed by atoms with Gasteiger partial charge in [0.05, 0.1) is 17.0 Å². The number of amides is 1. The van der Waals surface area contributed by atoms with E-state index in [4.69, 9.17) is 23.2 Å². The molecule has 3 aliphatic rings. The lowest BCUT2D eigenvalue weighted by Crippen LogP contribution is -2.51. The first-order chi connectivity index (χ1) is 19.8. The van der Waals surface area contributed by atoms with E-state index in [2.05, 4.69) is 5.32 Å². The molecule has 4 atom stereocenters. The predicted molar refractivity (Wildman–Crippen MR) is 162 cm³/mol. The Labute approximate surface area is 247 Å². The summed E-state index contributed by atoms with van der Waals surface area (Å²) < 4.78 is 0. The summed E-state index contributed by atoms with van der Waals surface area (Å²) in [6.45, 7) is 2.00. The van der Waals surface area contributed by atoms with Crippen LogP contribution in [0.4, 0.5) is 11.4 Å². The summed E-state index contributed by atoms with van der Waals surface area (Å²) in [5.74, 6) is -2.04. The van der Waals surface area contributed by atoms with E-state index in [9.17, 15) is 14.4 Å². The molecule has 4 aromatic carbocycles. The van der Waals surface area contributed by atoms with E-state index in [1.165, 1.54) is 6.07 Å². The van der Waals surface area contributed by atoms with Crippen molar-refractivity contribution in [2.75, 3.05) is 10.2 Å². The van der Waals surface area contributed by atoms with Crippen LogP contribution in [0.1, 0.15) is 38.8 Å². The molecule has 1 N–H and O–H groups in total. The van der Waals surface area contributed by atoms with Gasteiger partial charge in [0.15, 0.2) is 11.6 Å². The Morgan fingerprint density at radius 3 is 2.34 bits per heavy atom. The third-order valence-corrected chi connectivity index (χ3v) is 9.24. The number of para-hydroxylation sites is 2. The molecule has 0 aliphatic carbocycles. The molecule has 202 valence electrons. The molecule has 0 radical (unpaired) electrons. The van der Waals surface area contributed by atoms with Crippen molar-refractivity contribution >= 4 is 57.6 Å². The van der Waals surface area contributed by atoms with Crippen LogP contribution in [0.3, 0.4) is 0 Å². The van der Waals surface area contributed by atoms with Crippen LogP contribution in [0.2, 0.25) is 10.0 Å². The zero-order valence-corrected chi connectivity index (χ0v) is 23.5. The van der Waals surface area contributed by atoms with Crippen molar-refractivity contribution in [2.45, 2.75) is 24.4 Å². The van der Waals surface area contributed by atoms with Gasteiger partial charge in [-0.3, -0.25) is 14.4 Å². The van der Waals surface area contributed by atoms with Gasteiger partial charge in [0, 0.05) is 33.1 Å². The number of halogens is 2. The van der Waals surface area contributed by atoms with Crippen LogP contribution in [-0.2, 0) is 10.2 Å². The van der Waals surface area contributed by atoms with Gasteiger partial charge in [0.25, 0.3) is 0 Å². The number of nitrogens with one attached hydrogen (secondary N) is 1. The first kappa shape index (κ1) is 25.8. The molecule has 3 heterocycles. The van der Waals surface area contributed by atoms with Crippen LogP contribution in [-0.4, -0.2) is 29.6 Å². The Bertz CT molecular complexity index is 1800. The molecule has 1 spiro atoms. The number of hydrogen-bond acceptors (Lipinski definition) is 4. The Morgan fingerprint density at radius 2 is 1.56 bits per heavy atom. The Kier molecular flexibility index (Phi) is 5.93. The molecule has 0 aromatic heterocycles. The van der Waals surface area contributed by atoms with Crippen LogP contribution < -0.4 is 10.2 Å². The smallest absolute Gasteiger partial charge is 0.238 e. The van der Waals surface area contributed by atoms with Crippen LogP contribution in [0, 0.1) is 5.92 Å². The number of ketones is 2. The number of Topliss-reactive ketones (excluding diaryl/α,β-unsaturated/α-hetero) is 2. The Balaban J connectivity index is 1.57. The summed E-state index contributed by atoms with van der Waals surface area (Å²) in [5.41, 5.74) is 3.34. The molecule has 3 aliphatic heterocycles. The van der Waals surface area contributed by atoms with E-state index in [1.807, 2.05) is 72.5 Å². The van der Waals surface area contributed by atoms with Gasteiger partial charge in [-0.2, -0.15) is 0 Å². The highest BCUT2D eigenvalue weighted by Crippen LogP contribution is 2.59. The van der Waals surface area contributed by atoms with Gasteiger partial charge >= 0.3 is 0 Å². The first-order valence-corrected chi connectivity index (χ1v) is 14.1. The molecule has 1 amide bonds. The fraction of sp³-hybridized carbons (Fsp3) is 0.147. The lowest BCUT2D eigenvalue weighted by molar-refractivity contribution is -0.121. The molecule has 0 unspecified atom stereocenters. The number of allylic oxidation sites excluding steroid dienone is 1. The standard InChI is InChI=1S/C34H24Cl2N2O3/c1-19-17-28-34(24-12-6-7-13-26(24)37-33(34)41)29(32(40)23-16-15-21(35)18-25(23)36)30(31(39)20-9-3-2-4-10-20)38(28)27-14-8-5-11-22(19)27/h2-18,28-30H,1H3,(H,37,41)/t28-,29+,30-,34+/m1/s1. The van der Waals surface area contributed by atoms with Gasteiger partial charge in [-0.15, -0.1) is 0 Å². The number of carbonyl (C=O) groups excluding carboxylic acids is 3. The molecule has 7 rings (SSSR count). The average Bonchev–Trinajstić information content (AvgIpc) is 3.45. The predicted octanol–water partition coefficient (Wildman–Crippen LogP) is 7.24. The highest BCUT2D eigenvalue weighted by Gasteiger charge is 2.70. The molecule has 0 saturated carbocycles. The number of nitrogens with zero attached hydrogens (tertiary/aromatic N) is 1. The lowest BCUT2D eigenvalue weighted by Gasteiger charge is -2.39. The summed E-state index contributed by atoms with van der Waals surface area (Å²) >= 11 is 12.8. The minimum Gasteiger partial charge on any atom is -0.352 e. The van der Waals surface area contributed by atoms with Crippen molar-refractivity contribution in [1.82, 2.24) is 0 Å². The molecular formula is C34H24Cl2N2O3. The second kappa shape index (κ2) is 9.44. The lowest BCUT2D eigenvalue weighted by atomic mass is 9.64. The summed E-state index contributed by atoms with van der Waals surface area (Å²) in [6.07, 6.45) is 2.03. The molecule has 41 heavy (non-hydrogen) atoms. The van der Waals surface area contributed by atoms with E-state index >= 15 is 0 Å². The molecule has 4 aromatic rings. The Morgan fingerprint density at radius 1 is 0.854 bits per heavy atom. The van der Waals surface area contributed by atoms with E-state index in [0.29, 0.717) is 21.8 Å². The minimum absolute atomic E-state index is 0.173.